The van der Waals surface area contributed by atoms with Gasteiger partial charge in [-0.1, -0.05) is 41.9 Å². The van der Waals surface area contributed by atoms with Crippen LogP contribution in [0.4, 0.5) is 8.78 Å². The Bertz CT molecular complexity index is 334. The zero-order valence-corrected chi connectivity index (χ0v) is 8.72. The number of aliphatic hydroxyl groups excluding tert-OH is 1. The lowest BCUT2D eigenvalue weighted by Gasteiger charge is -2.08. The third-order valence-corrected chi connectivity index (χ3v) is 2.42. The highest BCUT2D eigenvalue weighted by Gasteiger charge is 2.14. The molecule has 1 nitrogen and oxygen atoms in total. The number of aliphatic hydroxyl groups is 1. The van der Waals surface area contributed by atoms with Crippen molar-refractivity contribution in [3.63, 3.8) is 0 Å². The Labute approximate surface area is 92.0 Å². The van der Waals surface area contributed by atoms with Gasteiger partial charge < -0.3 is 5.11 Å². The van der Waals surface area contributed by atoms with E-state index in [0.29, 0.717) is 6.42 Å². The van der Waals surface area contributed by atoms with E-state index in [1.54, 1.807) is 0 Å². The summed E-state index contributed by atoms with van der Waals surface area (Å²) in [6.45, 7) is 0. The van der Waals surface area contributed by atoms with Crippen molar-refractivity contribution in [3.05, 3.63) is 47.0 Å². The first-order chi connectivity index (χ1) is 7.11. The predicted octanol–water partition coefficient (Wildman–Crippen LogP) is 3.33. The monoisotopic (exact) mass is 232 g/mol. The fourth-order valence-electron chi connectivity index (χ4n) is 1.20. The average molecular weight is 233 g/mol. The molecule has 0 fully saturated rings. The van der Waals surface area contributed by atoms with Crippen LogP contribution in [0.1, 0.15) is 12.0 Å². The fraction of sp³-hybridized carbons (Fsp3) is 0.273. The molecule has 1 N–H and O–H groups in total. The van der Waals surface area contributed by atoms with Crippen molar-refractivity contribution in [1.29, 1.82) is 0 Å². The van der Waals surface area contributed by atoms with E-state index in [1.165, 1.54) is 0 Å². The standard InChI is InChI=1S/C11H11ClF2O/c12-10(11(13)14)9(15)7-6-8-4-2-1-3-5-8/h1-5,9,15H,6-7H2. The average Bonchev–Trinajstić information content (AvgIpc) is 2.26. The molecule has 4 heteroatoms. The van der Waals surface area contributed by atoms with Gasteiger partial charge in [-0.3, -0.25) is 0 Å². The van der Waals surface area contributed by atoms with Crippen LogP contribution in [-0.2, 0) is 6.42 Å². The van der Waals surface area contributed by atoms with Gasteiger partial charge in [-0.25, -0.2) is 0 Å². The maximum absolute atomic E-state index is 12.0. The molecule has 1 atom stereocenters. The molecule has 0 saturated heterocycles. The van der Waals surface area contributed by atoms with Gasteiger partial charge in [0, 0.05) is 0 Å². The summed E-state index contributed by atoms with van der Waals surface area (Å²) in [6.07, 6.45) is -2.58. The third-order valence-electron chi connectivity index (χ3n) is 2.02. The van der Waals surface area contributed by atoms with Crippen LogP contribution in [0.2, 0.25) is 0 Å². The molecule has 0 amide bonds. The minimum Gasteiger partial charge on any atom is -0.387 e. The zero-order chi connectivity index (χ0) is 11.3. The molecule has 15 heavy (non-hydrogen) atoms. The summed E-state index contributed by atoms with van der Waals surface area (Å²) in [5.41, 5.74) is 0.986. The minimum atomic E-state index is -2.02. The maximum Gasteiger partial charge on any atom is 0.287 e. The number of hydrogen-bond acceptors (Lipinski definition) is 1. The normalized spacial score (nSPS) is 12.3. The summed E-state index contributed by atoms with van der Waals surface area (Å²) >= 11 is 5.21. The van der Waals surface area contributed by atoms with Gasteiger partial charge in [0.05, 0.1) is 6.10 Å². The summed E-state index contributed by atoms with van der Waals surface area (Å²) in [7, 11) is 0. The molecule has 82 valence electrons. The molecule has 0 aliphatic heterocycles. The Balaban J connectivity index is 2.48. The second kappa shape index (κ2) is 5.83. The molecule has 1 aromatic rings. The highest BCUT2D eigenvalue weighted by molar-refractivity contribution is 6.30. The number of halogens is 3. The number of benzene rings is 1. The first kappa shape index (κ1) is 12.1. The summed E-state index contributed by atoms with van der Waals surface area (Å²) < 4.78 is 24.0. The predicted molar refractivity (Wildman–Crippen MR) is 55.9 cm³/mol. The molecular formula is C11H11ClF2O. The topological polar surface area (TPSA) is 20.2 Å². The Morgan fingerprint density at radius 3 is 2.40 bits per heavy atom. The Hall–Kier alpha value is -0.930. The second-order valence-corrected chi connectivity index (χ2v) is 3.56. The van der Waals surface area contributed by atoms with Crippen molar-refractivity contribution < 1.29 is 13.9 Å². The molecule has 0 aromatic heterocycles. The van der Waals surface area contributed by atoms with Crippen LogP contribution in [0.25, 0.3) is 0 Å². The molecule has 0 bridgehead atoms. The quantitative estimate of drug-likeness (QED) is 0.844. The first-order valence-corrected chi connectivity index (χ1v) is 4.91. The van der Waals surface area contributed by atoms with Gasteiger partial charge in [0.15, 0.2) is 0 Å². The molecule has 0 saturated carbocycles. The first-order valence-electron chi connectivity index (χ1n) is 4.54. The smallest absolute Gasteiger partial charge is 0.287 e. The minimum absolute atomic E-state index is 0.195. The molecule has 1 rings (SSSR count). The van der Waals surface area contributed by atoms with Crippen molar-refractivity contribution in [2.24, 2.45) is 0 Å². The van der Waals surface area contributed by atoms with Crippen LogP contribution in [0, 0.1) is 0 Å². The van der Waals surface area contributed by atoms with E-state index in [9.17, 15) is 13.9 Å². The summed E-state index contributed by atoms with van der Waals surface area (Å²) in [6, 6.07) is 9.32. The van der Waals surface area contributed by atoms with Gasteiger partial charge in [0.2, 0.25) is 0 Å². The molecular weight excluding hydrogens is 222 g/mol. The van der Waals surface area contributed by atoms with Crippen molar-refractivity contribution in [1.82, 2.24) is 0 Å². The van der Waals surface area contributed by atoms with Crippen molar-refractivity contribution in [2.45, 2.75) is 18.9 Å². The van der Waals surface area contributed by atoms with Crippen LogP contribution in [-0.4, -0.2) is 11.2 Å². The van der Waals surface area contributed by atoms with Gasteiger partial charge in [-0.05, 0) is 18.4 Å². The second-order valence-electron chi connectivity index (χ2n) is 3.15. The third kappa shape index (κ3) is 3.98. The molecule has 0 aliphatic rings. The Kier molecular flexibility index (Phi) is 4.72. The summed E-state index contributed by atoms with van der Waals surface area (Å²) in [4.78, 5) is 0. The fourth-order valence-corrected chi connectivity index (χ4v) is 1.31. The lowest BCUT2D eigenvalue weighted by Crippen LogP contribution is -2.08. The number of aryl methyl sites for hydroxylation is 1. The Morgan fingerprint density at radius 2 is 1.87 bits per heavy atom. The van der Waals surface area contributed by atoms with Crippen molar-refractivity contribution in [3.8, 4) is 0 Å². The summed E-state index contributed by atoms with van der Waals surface area (Å²) in [5, 5.41) is 8.52. The highest BCUT2D eigenvalue weighted by Crippen LogP contribution is 2.20. The van der Waals surface area contributed by atoms with Crippen molar-refractivity contribution >= 4 is 11.6 Å². The van der Waals surface area contributed by atoms with E-state index >= 15 is 0 Å². The van der Waals surface area contributed by atoms with Crippen LogP contribution in [0.3, 0.4) is 0 Å². The van der Waals surface area contributed by atoms with Gasteiger partial charge in [0.25, 0.3) is 6.08 Å². The van der Waals surface area contributed by atoms with Gasteiger partial charge in [-0.2, -0.15) is 8.78 Å². The molecule has 0 radical (unpaired) electrons. The van der Waals surface area contributed by atoms with Gasteiger partial charge in [-0.15, -0.1) is 0 Å². The van der Waals surface area contributed by atoms with Crippen LogP contribution in [0.15, 0.2) is 41.4 Å². The van der Waals surface area contributed by atoms with E-state index in [4.69, 9.17) is 11.6 Å². The molecule has 1 aromatic carbocycles. The zero-order valence-electron chi connectivity index (χ0n) is 7.96. The number of hydrogen-bond donors (Lipinski definition) is 1. The van der Waals surface area contributed by atoms with Gasteiger partial charge in [0.1, 0.15) is 5.03 Å². The van der Waals surface area contributed by atoms with E-state index in [-0.39, 0.29) is 6.42 Å². The highest BCUT2D eigenvalue weighted by atomic mass is 35.5. The van der Waals surface area contributed by atoms with E-state index in [0.717, 1.165) is 5.56 Å². The lowest BCUT2D eigenvalue weighted by atomic mass is 10.1. The largest absolute Gasteiger partial charge is 0.387 e. The van der Waals surface area contributed by atoms with Crippen LogP contribution in [0.5, 0.6) is 0 Å². The summed E-state index contributed by atoms with van der Waals surface area (Å²) in [5.74, 6) is 0. The van der Waals surface area contributed by atoms with Crippen LogP contribution >= 0.6 is 11.6 Å². The SMILES string of the molecule is OC(CCc1ccccc1)C(Cl)=C(F)F. The molecule has 1 unspecified atom stereocenters. The maximum atomic E-state index is 12.0. The number of rotatable bonds is 4. The van der Waals surface area contributed by atoms with E-state index in [1.807, 2.05) is 30.3 Å². The van der Waals surface area contributed by atoms with E-state index < -0.39 is 17.2 Å². The lowest BCUT2D eigenvalue weighted by molar-refractivity contribution is 0.200. The molecule has 0 aliphatic carbocycles. The molecule has 0 heterocycles. The van der Waals surface area contributed by atoms with Gasteiger partial charge >= 0.3 is 0 Å². The van der Waals surface area contributed by atoms with Crippen LogP contribution < -0.4 is 0 Å². The molecule has 0 spiro atoms. The Morgan fingerprint density at radius 1 is 1.27 bits per heavy atom. The van der Waals surface area contributed by atoms with E-state index in [2.05, 4.69) is 0 Å². The van der Waals surface area contributed by atoms with Crippen molar-refractivity contribution in [2.75, 3.05) is 0 Å².